The van der Waals surface area contributed by atoms with Crippen molar-refractivity contribution in [3.8, 4) is 5.69 Å². The predicted octanol–water partition coefficient (Wildman–Crippen LogP) is 2.38. The molecule has 0 saturated carbocycles. The minimum atomic E-state index is 0.00889. The summed E-state index contributed by atoms with van der Waals surface area (Å²) in [7, 11) is 1.67. The van der Waals surface area contributed by atoms with Crippen LogP contribution in [0.4, 0.5) is 0 Å². The molecule has 2 rings (SSSR count). The van der Waals surface area contributed by atoms with Gasteiger partial charge >= 0.3 is 0 Å². The van der Waals surface area contributed by atoms with Crippen molar-refractivity contribution < 1.29 is 4.74 Å². The summed E-state index contributed by atoms with van der Waals surface area (Å²) < 4.78 is 7.50. The van der Waals surface area contributed by atoms with Crippen molar-refractivity contribution in [3.05, 3.63) is 33.5 Å². The van der Waals surface area contributed by atoms with Crippen LogP contribution < -0.4 is 5.32 Å². The highest BCUT2D eigenvalue weighted by molar-refractivity contribution is 9.10. The Labute approximate surface area is 130 Å². The number of halogens is 2. The second kappa shape index (κ2) is 7.12. The zero-order chi connectivity index (χ0) is 14.5. The van der Waals surface area contributed by atoms with Crippen molar-refractivity contribution in [1.82, 2.24) is 25.5 Å². The summed E-state index contributed by atoms with van der Waals surface area (Å²) in [5.74, 6) is 0.732. The summed E-state index contributed by atoms with van der Waals surface area (Å²) in [5.41, 5.74) is 0.849. The summed E-state index contributed by atoms with van der Waals surface area (Å²) in [6, 6.07) is 5.56. The summed E-state index contributed by atoms with van der Waals surface area (Å²) >= 11 is 9.39. The molecule has 0 fully saturated rings. The normalized spacial score (nSPS) is 12.6. The van der Waals surface area contributed by atoms with Gasteiger partial charge in [0.2, 0.25) is 0 Å². The zero-order valence-electron chi connectivity index (χ0n) is 11.2. The Kier molecular flexibility index (Phi) is 5.47. The minimum Gasteiger partial charge on any atom is -0.383 e. The predicted molar refractivity (Wildman–Crippen MR) is 80.2 cm³/mol. The maximum Gasteiger partial charge on any atom is 0.173 e. The van der Waals surface area contributed by atoms with E-state index in [-0.39, 0.29) is 6.04 Å². The van der Waals surface area contributed by atoms with E-state index in [2.05, 4.69) is 36.8 Å². The summed E-state index contributed by atoms with van der Waals surface area (Å²) in [6.07, 6.45) is 0. The van der Waals surface area contributed by atoms with E-state index in [9.17, 15) is 0 Å². The van der Waals surface area contributed by atoms with Gasteiger partial charge in [0, 0.05) is 18.1 Å². The second-order valence-corrected chi connectivity index (χ2v) is 5.48. The Morgan fingerprint density at radius 2 is 2.30 bits per heavy atom. The van der Waals surface area contributed by atoms with Gasteiger partial charge in [0.05, 0.1) is 23.4 Å². The SMILES string of the molecule is COCCNC(C)c1nnnn1-c1ccc(Cl)c(Br)c1. The van der Waals surface area contributed by atoms with E-state index in [0.29, 0.717) is 11.6 Å². The number of rotatable bonds is 6. The van der Waals surface area contributed by atoms with E-state index in [1.807, 2.05) is 19.1 Å². The molecule has 1 aromatic heterocycles. The largest absolute Gasteiger partial charge is 0.383 e. The van der Waals surface area contributed by atoms with Crippen LogP contribution in [-0.4, -0.2) is 40.5 Å². The summed E-state index contributed by atoms with van der Waals surface area (Å²) in [4.78, 5) is 0. The second-order valence-electron chi connectivity index (χ2n) is 4.22. The van der Waals surface area contributed by atoms with E-state index in [0.717, 1.165) is 22.5 Å². The molecule has 20 heavy (non-hydrogen) atoms. The average molecular weight is 361 g/mol. The lowest BCUT2D eigenvalue weighted by atomic mass is 10.3. The Balaban J connectivity index is 2.21. The fraction of sp³-hybridized carbons (Fsp3) is 0.417. The molecule has 0 amide bonds. The smallest absolute Gasteiger partial charge is 0.173 e. The topological polar surface area (TPSA) is 64.9 Å². The first-order valence-electron chi connectivity index (χ1n) is 6.09. The number of tetrazole rings is 1. The van der Waals surface area contributed by atoms with E-state index >= 15 is 0 Å². The fourth-order valence-electron chi connectivity index (χ4n) is 1.73. The molecule has 1 N–H and O–H groups in total. The van der Waals surface area contributed by atoms with Crippen LogP contribution >= 0.6 is 27.5 Å². The van der Waals surface area contributed by atoms with Gasteiger partial charge in [-0.25, -0.2) is 0 Å². The standard InChI is InChI=1S/C12H15BrClN5O/c1-8(15-5-6-20-2)12-16-17-18-19(12)9-3-4-11(14)10(13)7-9/h3-4,7-8,15H,5-6H2,1-2H3. The molecule has 0 aliphatic rings. The van der Waals surface area contributed by atoms with Crippen molar-refractivity contribution in [1.29, 1.82) is 0 Å². The Morgan fingerprint density at radius 3 is 3.00 bits per heavy atom. The summed E-state index contributed by atoms with van der Waals surface area (Å²) in [5, 5.41) is 15.8. The molecule has 0 spiro atoms. The molecular weight excluding hydrogens is 346 g/mol. The van der Waals surface area contributed by atoms with Crippen LogP contribution in [0, 0.1) is 0 Å². The van der Waals surface area contributed by atoms with E-state index < -0.39 is 0 Å². The van der Waals surface area contributed by atoms with Crippen LogP contribution in [0.15, 0.2) is 22.7 Å². The average Bonchev–Trinajstić information content (AvgIpc) is 2.91. The lowest BCUT2D eigenvalue weighted by Gasteiger charge is -2.13. The molecule has 2 aromatic rings. The molecular formula is C12H15BrClN5O. The minimum absolute atomic E-state index is 0.00889. The third kappa shape index (κ3) is 3.54. The van der Waals surface area contributed by atoms with Crippen LogP contribution in [0.25, 0.3) is 5.69 Å². The van der Waals surface area contributed by atoms with E-state index in [1.54, 1.807) is 17.9 Å². The number of aromatic nitrogens is 4. The van der Waals surface area contributed by atoms with Gasteiger partial charge in [-0.1, -0.05) is 11.6 Å². The van der Waals surface area contributed by atoms with Crippen molar-refractivity contribution >= 4 is 27.5 Å². The van der Waals surface area contributed by atoms with Crippen molar-refractivity contribution in [2.24, 2.45) is 0 Å². The van der Waals surface area contributed by atoms with Crippen LogP contribution in [0.1, 0.15) is 18.8 Å². The quantitative estimate of drug-likeness (QED) is 0.801. The summed E-state index contributed by atoms with van der Waals surface area (Å²) in [6.45, 7) is 3.37. The molecule has 1 heterocycles. The zero-order valence-corrected chi connectivity index (χ0v) is 13.5. The Morgan fingerprint density at radius 1 is 1.50 bits per heavy atom. The molecule has 8 heteroatoms. The van der Waals surface area contributed by atoms with Crippen LogP contribution in [-0.2, 0) is 4.74 Å². The lowest BCUT2D eigenvalue weighted by Crippen LogP contribution is -2.25. The Bertz CT molecular complexity index is 577. The molecule has 0 radical (unpaired) electrons. The van der Waals surface area contributed by atoms with Crippen molar-refractivity contribution in [3.63, 3.8) is 0 Å². The maximum absolute atomic E-state index is 5.99. The highest BCUT2D eigenvalue weighted by atomic mass is 79.9. The van der Waals surface area contributed by atoms with Gasteiger partial charge in [-0.3, -0.25) is 0 Å². The molecule has 0 saturated heterocycles. The molecule has 0 aliphatic heterocycles. The van der Waals surface area contributed by atoms with Gasteiger partial charge in [0.25, 0.3) is 0 Å². The van der Waals surface area contributed by atoms with Crippen molar-refractivity contribution in [2.45, 2.75) is 13.0 Å². The Hall–Kier alpha value is -1.02. The number of methoxy groups -OCH3 is 1. The number of nitrogens with one attached hydrogen (secondary N) is 1. The molecule has 6 nitrogen and oxygen atoms in total. The van der Waals surface area contributed by atoms with Crippen molar-refractivity contribution in [2.75, 3.05) is 20.3 Å². The molecule has 0 aliphatic carbocycles. The van der Waals surface area contributed by atoms with Gasteiger partial charge < -0.3 is 10.1 Å². The number of hydrogen-bond acceptors (Lipinski definition) is 5. The molecule has 1 aromatic carbocycles. The number of benzene rings is 1. The molecule has 0 bridgehead atoms. The van der Waals surface area contributed by atoms with Gasteiger partial charge in [-0.2, -0.15) is 4.68 Å². The van der Waals surface area contributed by atoms with E-state index in [1.165, 1.54) is 0 Å². The lowest BCUT2D eigenvalue weighted by molar-refractivity contribution is 0.196. The van der Waals surface area contributed by atoms with Crippen LogP contribution in [0.5, 0.6) is 0 Å². The first-order valence-corrected chi connectivity index (χ1v) is 7.26. The van der Waals surface area contributed by atoms with E-state index in [4.69, 9.17) is 16.3 Å². The van der Waals surface area contributed by atoms with Gasteiger partial charge in [-0.05, 0) is 51.5 Å². The number of ether oxygens (including phenoxy) is 1. The first-order chi connectivity index (χ1) is 9.63. The maximum atomic E-state index is 5.99. The van der Waals surface area contributed by atoms with Gasteiger partial charge in [0.15, 0.2) is 5.82 Å². The van der Waals surface area contributed by atoms with Gasteiger partial charge in [0.1, 0.15) is 0 Å². The third-order valence-electron chi connectivity index (χ3n) is 2.79. The van der Waals surface area contributed by atoms with Crippen LogP contribution in [0.3, 0.4) is 0 Å². The van der Waals surface area contributed by atoms with Gasteiger partial charge in [-0.15, -0.1) is 5.10 Å². The highest BCUT2D eigenvalue weighted by Gasteiger charge is 2.15. The monoisotopic (exact) mass is 359 g/mol. The molecule has 1 unspecified atom stereocenters. The highest BCUT2D eigenvalue weighted by Crippen LogP contribution is 2.25. The molecule has 1 atom stereocenters. The number of nitrogens with zero attached hydrogens (tertiary/aromatic N) is 4. The third-order valence-corrected chi connectivity index (χ3v) is 4.00. The fourth-order valence-corrected chi connectivity index (χ4v) is 2.22. The first kappa shape index (κ1) is 15.4. The van der Waals surface area contributed by atoms with Crippen LogP contribution in [0.2, 0.25) is 5.02 Å². The number of hydrogen-bond donors (Lipinski definition) is 1. The molecule has 108 valence electrons.